The molecule has 0 amide bonds. The highest BCUT2D eigenvalue weighted by molar-refractivity contribution is 8.03. The number of carbonyl (C=O) groups excluding carboxylic acids is 2. The van der Waals surface area contributed by atoms with Crippen molar-refractivity contribution < 1.29 is 9.59 Å². The fourth-order valence-corrected chi connectivity index (χ4v) is 4.12. The van der Waals surface area contributed by atoms with Gasteiger partial charge in [-0.25, -0.2) is 0 Å². The highest BCUT2D eigenvalue weighted by Crippen LogP contribution is 2.33. The molecule has 0 radical (unpaired) electrons. The summed E-state index contributed by atoms with van der Waals surface area (Å²) in [5.74, 6) is -0.249. The lowest BCUT2D eigenvalue weighted by atomic mass is 9.91. The van der Waals surface area contributed by atoms with Gasteiger partial charge in [0.2, 0.25) is 11.6 Å². The Bertz CT molecular complexity index is 1020. The molecule has 3 aromatic carbocycles. The minimum absolute atomic E-state index is 0.106. The maximum atomic E-state index is 13.2. The molecule has 0 heterocycles. The molecule has 0 aliphatic heterocycles. The van der Waals surface area contributed by atoms with E-state index in [0.29, 0.717) is 21.7 Å². The van der Waals surface area contributed by atoms with Crippen LogP contribution in [0, 0.1) is 0 Å². The van der Waals surface area contributed by atoms with Crippen LogP contribution >= 0.6 is 11.8 Å². The number of allylic oxidation sites excluding steroid dienone is 2. The van der Waals surface area contributed by atoms with Crippen LogP contribution in [0.5, 0.6) is 0 Å². The fourth-order valence-electron chi connectivity index (χ4n) is 3.47. The van der Waals surface area contributed by atoms with Crippen molar-refractivity contribution in [2.45, 2.75) is 6.04 Å². The Hall–Kier alpha value is -3.11. The van der Waals surface area contributed by atoms with Crippen LogP contribution in [-0.2, 0) is 0 Å². The minimum Gasteiger partial charge on any atom is -0.370 e. The first-order valence-corrected chi connectivity index (χ1v) is 10.3. The Labute approximate surface area is 168 Å². The van der Waals surface area contributed by atoms with Crippen molar-refractivity contribution in [2.75, 3.05) is 6.26 Å². The number of ketones is 2. The zero-order valence-electron chi connectivity index (χ0n) is 15.4. The third kappa shape index (κ3) is 3.27. The van der Waals surface area contributed by atoms with Gasteiger partial charge in [0.25, 0.3) is 0 Å². The van der Waals surface area contributed by atoms with E-state index in [4.69, 9.17) is 0 Å². The lowest BCUT2D eigenvalue weighted by molar-refractivity contribution is 0.0974. The van der Waals surface area contributed by atoms with E-state index in [1.807, 2.05) is 66.9 Å². The van der Waals surface area contributed by atoms with Crippen molar-refractivity contribution >= 4 is 23.3 Å². The van der Waals surface area contributed by atoms with E-state index in [0.717, 1.165) is 11.1 Å². The summed E-state index contributed by atoms with van der Waals surface area (Å²) in [6.45, 7) is 0. The van der Waals surface area contributed by atoms with Gasteiger partial charge in [-0.05, 0) is 17.4 Å². The van der Waals surface area contributed by atoms with Gasteiger partial charge >= 0.3 is 0 Å². The molecule has 0 bridgehead atoms. The molecule has 0 spiro atoms. The first-order valence-electron chi connectivity index (χ1n) is 9.04. The summed E-state index contributed by atoms with van der Waals surface area (Å²) in [5, 5.41) is 3.40. The second-order valence-corrected chi connectivity index (χ2v) is 7.33. The molecule has 3 aromatic rings. The summed E-state index contributed by atoms with van der Waals surface area (Å²) in [6, 6.07) is 26.7. The van der Waals surface area contributed by atoms with Gasteiger partial charge in [0.15, 0.2) is 0 Å². The van der Waals surface area contributed by atoms with Crippen molar-refractivity contribution in [1.29, 1.82) is 0 Å². The summed E-state index contributed by atoms with van der Waals surface area (Å²) < 4.78 is 0. The zero-order valence-corrected chi connectivity index (χ0v) is 16.2. The molecule has 28 heavy (non-hydrogen) atoms. The lowest BCUT2D eigenvalue weighted by Gasteiger charge is -2.26. The Morgan fingerprint density at radius 3 is 1.64 bits per heavy atom. The van der Waals surface area contributed by atoms with Crippen LogP contribution in [0.15, 0.2) is 95.5 Å². The Balaban J connectivity index is 1.82. The molecule has 4 heteroatoms. The SMILES string of the molecule is CSC1=C(NC(c2ccccc2)c2ccccc2)C(=O)c2ccccc2C1=O. The quantitative estimate of drug-likeness (QED) is 0.670. The number of rotatable bonds is 5. The molecule has 0 fully saturated rings. The van der Waals surface area contributed by atoms with E-state index in [2.05, 4.69) is 5.32 Å². The van der Waals surface area contributed by atoms with Gasteiger partial charge in [0.1, 0.15) is 5.70 Å². The fraction of sp³-hybridized carbons (Fsp3) is 0.0833. The Morgan fingerprint density at radius 2 is 1.14 bits per heavy atom. The number of benzene rings is 3. The molecule has 0 unspecified atom stereocenters. The monoisotopic (exact) mass is 385 g/mol. The lowest BCUT2D eigenvalue weighted by Crippen LogP contribution is -2.32. The molecule has 3 nitrogen and oxygen atoms in total. The van der Waals surface area contributed by atoms with Gasteiger partial charge in [-0.1, -0.05) is 84.9 Å². The largest absolute Gasteiger partial charge is 0.370 e. The minimum atomic E-state index is -0.235. The van der Waals surface area contributed by atoms with Crippen molar-refractivity contribution in [3.63, 3.8) is 0 Å². The van der Waals surface area contributed by atoms with Crippen LogP contribution in [-0.4, -0.2) is 17.8 Å². The average molecular weight is 385 g/mol. The molecule has 0 saturated carbocycles. The van der Waals surface area contributed by atoms with E-state index >= 15 is 0 Å². The summed E-state index contributed by atoms with van der Waals surface area (Å²) >= 11 is 1.31. The summed E-state index contributed by atoms with van der Waals surface area (Å²) in [4.78, 5) is 26.7. The Kier molecular flexibility index (Phi) is 5.13. The molecule has 1 aliphatic carbocycles. The second kappa shape index (κ2) is 7.87. The van der Waals surface area contributed by atoms with Crippen LogP contribution in [0.25, 0.3) is 0 Å². The molecule has 0 atom stereocenters. The van der Waals surface area contributed by atoms with Gasteiger partial charge in [0.05, 0.1) is 10.9 Å². The standard InChI is InChI=1S/C24H19NO2S/c1-28-24-21(22(26)18-14-8-9-15-19(18)23(24)27)25-20(16-10-4-2-5-11-16)17-12-6-3-7-13-17/h2-15,20,25H,1H3. The van der Waals surface area contributed by atoms with Gasteiger partial charge in [-0.3, -0.25) is 9.59 Å². The topological polar surface area (TPSA) is 46.2 Å². The highest BCUT2D eigenvalue weighted by atomic mass is 32.2. The molecule has 0 aromatic heterocycles. The number of fused-ring (bicyclic) bond motifs is 1. The molecule has 138 valence electrons. The van der Waals surface area contributed by atoms with E-state index in [9.17, 15) is 9.59 Å². The highest BCUT2D eigenvalue weighted by Gasteiger charge is 2.33. The third-order valence-electron chi connectivity index (χ3n) is 4.84. The first-order chi connectivity index (χ1) is 13.7. The van der Waals surface area contributed by atoms with Crippen LogP contribution in [0.1, 0.15) is 37.9 Å². The smallest absolute Gasteiger partial charge is 0.210 e. The van der Waals surface area contributed by atoms with Crippen LogP contribution in [0.3, 0.4) is 0 Å². The molecule has 0 saturated heterocycles. The van der Waals surface area contributed by atoms with E-state index < -0.39 is 0 Å². The first kappa shape index (κ1) is 18.3. The van der Waals surface area contributed by atoms with E-state index in [-0.39, 0.29) is 17.6 Å². The van der Waals surface area contributed by atoms with Crippen molar-refractivity contribution in [3.05, 3.63) is 118 Å². The van der Waals surface area contributed by atoms with Crippen LogP contribution in [0.2, 0.25) is 0 Å². The number of hydrogen-bond acceptors (Lipinski definition) is 4. The van der Waals surface area contributed by atoms with Crippen LogP contribution < -0.4 is 5.32 Å². The van der Waals surface area contributed by atoms with Crippen molar-refractivity contribution in [2.24, 2.45) is 0 Å². The number of carbonyl (C=O) groups is 2. The number of thioether (sulfide) groups is 1. The molecule has 1 N–H and O–H groups in total. The molecule has 4 rings (SSSR count). The predicted molar refractivity (Wildman–Crippen MR) is 114 cm³/mol. The summed E-state index contributed by atoms with van der Waals surface area (Å²) in [7, 11) is 0. The average Bonchev–Trinajstić information content (AvgIpc) is 2.76. The third-order valence-corrected chi connectivity index (χ3v) is 5.63. The molecular weight excluding hydrogens is 366 g/mol. The van der Waals surface area contributed by atoms with Crippen molar-refractivity contribution in [3.8, 4) is 0 Å². The number of Topliss-reactive ketones (excluding diaryl/α,β-unsaturated/α-hetero) is 2. The van der Waals surface area contributed by atoms with Crippen LogP contribution in [0.4, 0.5) is 0 Å². The summed E-state index contributed by atoms with van der Waals surface area (Å²) in [5.41, 5.74) is 3.35. The predicted octanol–water partition coefficient (Wildman–Crippen LogP) is 5.02. The second-order valence-electron chi connectivity index (χ2n) is 6.51. The Morgan fingerprint density at radius 1 is 0.679 bits per heavy atom. The molecular formula is C24H19NO2S. The van der Waals surface area contributed by atoms with Gasteiger partial charge in [-0.2, -0.15) is 0 Å². The summed E-state index contributed by atoms with van der Waals surface area (Å²) in [6.07, 6.45) is 1.83. The normalized spacial score (nSPS) is 13.6. The molecule has 1 aliphatic rings. The van der Waals surface area contributed by atoms with Gasteiger partial charge in [0, 0.05) is 11.1 Å². The maximum absolute atomic E-state index is 13.2. The van der Waals surface area contributed by atoms with E-state index in [1.165, 1.54) is 11.8 Å². The number of nitrogens with one attached hydrogen (secondary N) is 1. The van der Waals surface area contributed by atoms with Crippen molar-refractivity contribution in [1.82, 2.24) is 5.32 Å². The van der Waals surface area contributed by atoms with Gasteiger partial charge in [-0.15, -0.1) is 11.8 Å². The maximum Gasteiger partial charge on any atom is 0.210 e. The van der Waals surface area contributed by atoms with Gasteiger partial charge < -0.3 is 5.32 Å². The van der Waals surface area contributed by atoms with E-state index in [1.54, 1.807) is 24.3 Å². The number of hydrogen-bond donors (Lipinski definition) is 1. The zero-order chi connectivity index (χ0) is 19.5.